The summed E-state index contributed by atoms with van der Waals surface area (Å²) in [5, 5.41) is 18.4. The van der Waals surface area contributed by atoms with E-state index in [2.05, 4.69) is 57.2 Å². The molecule has 1 fully saturated rings. The van der Waals surface area contributed by atoms with Crippen LogP contribution in [-0.2, 0) is 37.4 Å². The third-order valence-corrected chi connectivity index (χ3v) is 12.7. The SMILES string of the molecule is CCCCC/C=C\C/C=C\C/C=C\CC1OC1CCCC(=O)OC[C@H](COP(=O)(O)OC[C@@H](O)CO)OC(=O)CCCCCCCCCCCCCCCCCCCCC(C)CC. The van der Waals surface area contributed by atoms with Crippen molar-refractivity contribution in [3.63, 3.8) is 0 Å². The fraction of sp³-hybridized carbons (Fsp3) is 0.843. The van der Waals surface area contributed by atoms with Crippen LogP contribution in [0.15, 0.2) is 36.5 Å². The predicted octanol–water partition coefficient (Wildman–Crippen LogP) is 13.1. The number of rotatable bonds is 46. The van der Waals surface area contributed by atoms with Gasteiger partial charge in [-0.05, 0) is 57.3 Å². The summed E-state index contributed by atoms with van der Waals surface area (Å²) in [6.45, 7) is 4.69. The van der Waals surface area contributed by atoms with Gasteiger partial charge in [0.2, 0.25) is 0 Å². The monoisotopic (exact) mass is 913 g/mol. The number of ether oxygens (including phenoxy) is 3. The summed E-state index contributed by atoms with van der Waals surface area (Å²) in [6, 6.07) is 0. The van der Waals surface area contributed by atoms with Crippen LogP contribution in [0.3, 0.4) is 0 Å². The molecule has 0 aliphatic carbocycles. The van der Waals surface area contributed by atoms with Gasteiger partial charge in [-0.1, -0.05) is 192 Å². The van der Waals surface area contributed by atoms with Crippen molar-refractivity contribution in [3.05, 3.63) is 36.5 Å². The normalized spacial score (nSPS) is 17.7. The van der Waals surface area contributed by atoms with Gasteiger partial charge < -0.3 is 29.3 Å². The van der Waals surface area contributed by atoms with Crippen LogP contribution in [0, 0.1) is 5.92 Å². The van der Waals surface area contributed by atoms with Crippen LogP contribution in [0.4, 0.5) is 0 Å². The Balaban J connectivity index is 2.21. The highest BCUT2D eigenvalue weighted by Gasteiger charge is 2.36. The van der Waals surface area contributed by atoms with E-state index in [1.54, 1.807) is 0 Å². The standard InChI is InChI=1S/C51H93O11P/c1-4-6-7-8-9-10-11-21-24-27-30-33-37-48-49(62-48)38-35-40-50(54)58-43-47(44-60-63(56,57)59-42-46(53)41-52)61-51(55)39-34-31-28-25-22-19-17-15-13-12-14-16-18-20-23-26-29-32-36-45(3)5-2/h9-10,21,24,30,33,45-49,52-53H,4-8,11-20,22-23,25-29,31-32,34-44H2,1-3H3,(H,56,57)/b10-9-,24-21-,33-30-/t45?,46-,47+,48?,49?/m0/s1. The van der Waals surface area contributed by atoms with Crippen LogP contribution >= 0.6 is 7.82 Å². The van der Waals surface area contributed by atoms with Gasteiger partial charge in [-0.15, -0.1) is 0 Å². The Kier molecular flexibility index (Phi) is 39.0. The Hall–Kier alpha value is -1.85. The number of aliphatic hydroxyl groups is 2. The minimum absolute atomic E-state index is 0.115. The van der Waals surface area contributed by atoms with Crippen molar-refractivity contribution in [3.8, 4) is 0 Å². The number of epoxide rings is 1. The summed E-state index contributed by atoms with van der Waals surface area (Å²) in [5.74, 6) is -0.103. The molecule has 0 aromatic heterocycles. The molecular weight excluding hydrogens is 820 g/mol. The quantitative estimate of drug-likeness (QED) is 0.0175. The largest absolute Gasteiger partial charge is 0.472 e. The molecule has 4 unspecified atom stereocenters. The molecule has 0 radical (unpaired) electrons. The van der Waals surface area contributed by atoms with Crippen LogP contribution < -0.4 is 0 Å². The summed E-state index contributed by atoms with van der Waals surface area (Å²) in [6.07, 6.45) is 45.5. The summed E-state index contributed by atoms with van der Waals surface area (Å²) in [5.41, 5.74) is 0. The Morgan fingerprint density at radius 2 is 1.16 bits per heavy atom. The second-order valence-corrected chi connectivity index (χ2v) is 19.3. The predicted molar refractivity (Wildman–Crippen MR) is 255 cm³/mol. The number of carbonyl (C=O) groups excluding carboxylic acids is 2. The lowest BCUT2D eigenvalue weighted by Gasteiger charge is -2.20. The first-order chi connectivity index (χ1) is 30.6. The molecule has 0 bridgehead atoms. The second-order valence-electron chi connectivity index (χ2n) is 17.8. The van der Waals surface area contributed by atoms with Crippen molar-refractivity contribution in [2.45, 2.75) is 244 Å². The number of esters is 2. The van der Waals surface area contributed by atoms with E-state index in [1.165, 1.54) is 122 Å². The molecule has 0 saturated carbocycles. The molecule has 1 aliphatic heterocycles. The number of carbonyl (C=O) groups is 2. The number of hydrogen-bond donors (Lipinski definition) is 3. The Morgan fingerprint density at radius 3 is 1.73 bits per heavy atom. The molecule has 0 aromatic rings. The molecule has 368 valence electrons. The molecule has 6 atom stereocenters. The van der Waals surface area contributed by atoms with E-state index in [0.29, 0.717) is 12.8 Å². The molecular formula is C51H93O11P. The van der Waals surface area contributed by atoms with Gasteiger partial charge in [0.25, 0.3) is 0 Å². The first kappa shape index (κ1) is 59.2. The van der Waals surface area contributed by atoms with Crippen molar-refractivity contribution in [2.75, 3.05) is 26.4 Å². The molecule has 1 rings (SSSR count). The maximum absolute atomic E-state index is 12.7. The topological polar surface area (TPSA) is 161 Å². The number of allylic oxidation sites excluding steroid dienone is 5. The van der Waals surface area contributed by atoms with E-state index in [9.17, 15) is 24.2 Å². The zero-order chi connectivity index (χ0) is 46.1. The second kappa shape index (κ2) is 41.6. The van der Waals surface area contributed by atoms with Crippen molar-refractivity contribution >= 4 is 19.8 Å². The number of aliphatic hydroxyl groups excluding tert-OH is 2. The van der Waals surface area contributed by atoms with Crippen LogP contribution in [0.2, 0.25) is 0 Å². The van der Waals surface area contributed by atoms with E-state index in [-0.39, 0.29) is 31.7 Å². The zero-order valence-corrected chi connectivity index (χ0v) is 41.0. The molecule has 0 aromatic carbocycles. The fourth-order valence-corrected chi connectivity index (χ4v) is 8.14. The number of unbranched alkanes of at least 4 members (excludes halogenated alkanes) is 20. The highest BCUT2D eigenvalue weighted by atomic mass is 31.2. The van der Waals surface area contributed by atoms with Gasteiger partial charge >= 0.3 is 19.8 Å². The van der Waals surface area contributed by atoms with Crippen LogP contribution in [-0.4, -0.2) is 77.9 Å². The Bertz CT molecular complexity index is 1220. The van der Waals surface area contributed by atoms with Gasteiger partial charge in [-0.25, -0.2) is 4.57 Å². The van der Waals surface area contributed by atoms with Gasteiger partial charge in [-0.2, -0.15) is 0 Å². The average Bonchev–Trinajstić information content (AvgIpc) is 4.03. The van der Waals surface area contributed by atoms with Gasteiger partial charge in [0.05, 0.1) is 32.0 Å². The van der Waals surface area contributed by atoms with Gasteiger partial charge in [-0.3, -0.25) is 18.6 Å². The highest BCUT2D eigenvalue weighted by Crippen LogP contribution is 2.43. The minimum atomic E-state index is -4.64. The van der Waals surface area contributed by atoms with Crippen LogP contribution in [0.5, 0.6) is 0 Å². The molecule has 63 heavy (non-hydrogen) atoms. The lowest BCUT2D eigenvalue weighted by atomic mass is 9.99. The molecule has 11 nitrogen and oxygen atoms in total. The maximum Gasteiger partial charge on any atom is 0.472 e. The molecule has 0 amide bonds. The van der Waals surface area contributed by atoms with Crippen LogP contribution in [0.1, 0.15) is 220 Å². The first-order valence-electron chi connectivity index (χ1n) is 25.5. The molecule has 12 heteroatoms. The Labute approximate surface area is 384 Å². The Morgan fingerprint density at radius 1 is 0.635 bits per heavy atom. The van der Waals surface area contributed by atoms with E-state index < -0.39 is 51.8 Å². The van der Waals surface area contributed by atoms with Gasteiger partial charge in [0, 0.05) is 12.8 Å². The van der Waals surface area contributed by atoms with Crippen molar-refractivity contribution < 1.29 is 52.5 Å². The molecule has 1 saturated heterocycles. The molecule has 1 heterocycles. The van der Waals surface area contributed by atoms with Crippen molar-refractivity contribution in [2.24, 2.45) is 5.92 Å². The summed E-state index contributed by atoms with van der Waals surface area (Å²) in [7, 11) is -4.64. The summed E-state index contributed by atoms with van der Waals surface area (Å²) < 4.78 is 38.6. The molecule has 1 aliphatic rings. The smallest absolute Gasteiger partial charge is 0.462 e. The lowest BCUT2D eigenvalue weighted by molar-refractivity contribution is -0.161. The van der Waals surface area contributed by atoms with E-state index in [4.69, 9.17) is 28.4 Å². The summed E-state index contributed by atoms with van der Waals surface area (Å²) in [4.78, 5) is 35.3. The van der Waals surface area contributed by atoms with Gasteiger partial charge in [0.1, 0.15) is 12.7 Å². The van der Waals surface area contributed by atoms with Gasteiger partial charge in [0.15, 0.2) is 6.10 Å². The van der Waals surface area contributed by atoms with E-state index >= 15 is 0 Å². The molecule has 0 spiro atoms. The zero-order valence-electron chi connectivity index (χ0n) is 40.2. The summed E-state index contributed by atoms with van der Waals surface area (Å²) >= 11 is 0. The van der Waals surface area contributed by atoms with E-state index in [1.807, 2.05) is 0 Å². The third-order valence-electron chi connectivity index (χ3n) is 11.8. The van der Waals surface area contributed by atoms with E-state index in [0.717, 1.165) is 57.3 Å². The number of phosphoric acid groups is 1. The number of hydrogen-bond acceptors (Lipinski definition) is 10. The maximum atomic E-state index is 12.7. The highest BCUT2D eigenvalue weighted by molar-refractivity contribution is 7.47. The number of phosphoric ester groups is 1. The minimum Gasteiger partial charge on any atom is -0.462 e. The van der Waals surface area contributed by atoms with Crippen molar-refractivity contribution in [1.29, 1.82) is 0 Å². The fourth-order valence-electron chi connectivity index (χ4n) is 7.35. The average molecular weight is 913 g/mol. The molecule has 3 N–H and O–H groups in total. The van der Waals surface area contributed by atoms with Crippen molar-refractivity contribution in [1.82, 2.24) is 0 Å². The first-order valence-corrected chi connectivity index (χ1v) is 27.0. The third kappa shape index (κ3) is 39.1. The van der Waals surface area contributed by atoms with Crippen LogP contribution in [0.25, 0.3) is 0 Å². The lowest BCUT2D eigenvalue weighted by Crippen LogP contribution is -2.29.